The minimum Gasteiger partial charge on any atom is -0.339 e. The van der Waals surface area contributed by atoms with Gasteiger partial charge in [0.15, 0.2) is 0 Å². The highest BCUT2D eigenvalue weighted by Gasteiger charge is 2.26. The van der Waals surface area contributed by atoms with E-state index in [2.05, 4.69) is 11.4 Å². The third-order valence-electron chi connectivity index (χ3n) is 5.97. The van der Waals surface area contributed by atoms with Gasteiger partial charge in [0.05, 0.1) is 6.42 Å². The molecule has 31 heavy (non-hydrogen) atoms. The first-order valence-corrected chi connectivity index (χ1v) is 11.5. The van der Waals surface area contributed by atoms with Gasteiger partial charge >= 0.3 is 0 Å². The second kappa shape index (κ2) is 9.60. The van der Waals surface area contributed by atoms with Gasteiger partial charge in [0.2, 0.25) is 17.7 Å². The zero-order valence-electron chi connectivity index (χ0n) is 17.4. The van der Waals surface area contributed by atoms with Crippen LogP contribution in [0.5, 0.6) is 0 Å². The van der Waals surface area contributed by atoms with E-state index in [-0.39, 0.29) is 42.8 Å². The van der Waals surface area contributed by atoms with Crippen LogP contribution < -0.4 is 0 Å². The van der Waals surface area contributed by atoms with E-state index in [9.17, 15) is 18.8 Å². The summed E-state index contributed by atoms with van der Waals surface area (Å²) in [5.41, 5.74) is 1.99. The van der Waals surface area contributed by atoms with Gasteiger partial charge in [0, 0.05) is 57.0 Å². The summed E-state index contributed by atoms with van der Waals surface area (Å²) < 4.78 is 13.0. The molecule has 2 aliphatic rings. The van der Waals surface area contributed by atoms with E-state index >= 15 is 0 Å². The fourth-order valence-corrected chi connectivity index (χ4v) is 4.98. The van der Waals surface area contributed by atoms with Gasteiger partial charge in [0.1, 0.15) is 5.82 Å². The number of halogens is 1. The number of fused-ring (bicyclic) bond motifs is 1. The minimum atomic E-state index is -0.321. The minimum absolute atomic E-state index is 0.0215. The van der Waals surface area contributed by atoms with Crippen molar-refractivity contribution in [2.45, 2.75) is 32.2 Å². The fourth-order valence-electron chi connectivity index (χ4n) is 4.09. The van der Waals surface area contributed by atoms with Crippen molar-refractivity contribution in [2.24, 2.45) is 0 Å². The molecule has 4 rings (SSSR count). The molecular weight excluding hydrogens is 417 g/mol. The molecule has 1 saturated heterocycles. The van der Waals surface area contributed by atoms with E-state index in [1.165, 1.54) is 22.6 Å². The van der Waals surface area contributed by atoms with Crippen LogP contribution in [0.25, 0.3) is 0 Å². The zero-order valence-corrected chi connectivity index (χ0v) is 18.2. The predicted octanol–water partition coefficient (Wildman–Crippen LogP) is 2.47. The first-order chi connectivity index (χ1) is 15.0. The topological polar surface area (TPSA) is 60.9 Å². The Morgan fingerprint density at radius 3 is 2.10 bits per heavy atom. The Bertz CT molecular complexity index is 951. The molecule has 3 amide bonds. The van der Waals surface area contributed by atoms with E-state index in [1.807, 2.05) is 4.90 Å². The molecule has 0 radical (unpaired) electrons. The van der Waals surface area contributed by atoms with Gasteiger partial charge in [-0.3, -0.25) is 14.4 Å². The van der Waals surface area contributed by atoms with E-state index in [0.29, 0.717) is 32.7 Å². The number of hydrogen-bond donors (Lipinski definition) is 0. The fraction of sp³-hybridized carbons (Fsp3) is 0.435. The van der Waals surface area contributed by atoms with Crippen LogP contribution in [0.1, 0.15) is 28.8 Å². The quantitative estimate of drug-likeness (QED) is 0.713. The number of amides is 3. The Morgan fingerprint density at radius 1 is 0.806 bits per heavy atom. The van der Waals surface area contributed by atoms with Gasteiger partial charge in [-0.1, -0.05) is 12.1 Å². The molecule has 6 nitrogen and oxygen atoms in total. The molecule has 1 aromatic heterocycles. The Morgan fingerprint density at radius 2 is 1.42 bits per heavy atom. The lowest BCUT2D eigenvalue weighted by molar-refractivity contribution is -0.141. The van der Waals surface area contributed by atoms with Gasteiger partial charge in [-0.25, -0.2) is 4.39 Å². The number of thiophene rings is 1. The Balaban J connectivity index is 1.19. The molecule has 8 heteroatoms. The van der Waals surface area contributed by atoms with Crippen molar-refractivity contribution < 1.29 is 18.8 Å². The summed E-state index contributed by atoms with van der Waals surface area (Å²) in [6.07, 6.45) is 1.54. The average Bonchev–Trinajstić information content (AvgIpc) is 3.27. The van der Waals surface area contributed by atoms with Crippen LogP contribution in [-0.4, -0.2) is 65.1 Å². The summed E-state index contributed by atoms with van der Waals surface area (Å²) in [7, 11) is 0. The molecule has 1 aromatic carbocycles. The van der Waals surface area contributed by atoms with Crippen molar-refractivity contribution in [3.8, 4) is 0 Å². The third kappa shape index (κ3) is 5.31. The molecular formula is C23H26FN3O3S. The second-order valence-corrected chi connectivity index (χ2v) is 9.00. The van der Waals surface area contributed by atoms with E-state index in [0.717, 1.165) is 18.5 Å². The Kier molecular flexibility index (Phi) is 6.65. The third-order valence-corrected chi connectivity index (χ3v) is 6.99. The number of nitrogens with zero attached hydrogens (tertiary/aromatic N) is 3. The van der Waals surface area contributed by atoms with Crippen molar-refractivity contribution >= 4 is 29.1 Å². The summed E-state index contributed by atoms with van der Waals surface area (Å²) >= 11 is 1.74. The molecule has 164 valence electrons. The molecule has 0 saturated carbocycles. The van der Waals surface area contributed by atoms with Crippen LogP contribution >= 0.6 is 11.3 Å². The van der Waals surface area contributed by atoms with Crippen molar-refractivity contribution in [1.29, 1.82) is 0 Å². The lowest BCUT2D eigenvalue weighted by Crippen LogP contribution is -2.51. The number of hydrogen-bond acceptors (Lipinski definition) is 4. The van der Waals surface area contributed by atoms with E-state index in [1.54, 1.807) is 33.3 Å². The first-order valence-electron chi connectivity index (χ1n) is 10.6. The lowest BCUT2D eigenvalue weighted by Gasteiger charge is -2.35. The molecule has 0 aliphatic carbocycles. The predicted molar refractivity (Wildman–Crippen MR) is 116 cm³/mol. The van der Waals surface area contributed by atoms with Crippen LogP contribution in [-0.2, 0) is 33.8 Å². The van der Waals surface area contributed by atoms with Crippen molar-refractivity contribution in [2.75, 3.05) is 32.7 Å². The number of piperazine rings is 1. The highest BCUT2D eigenvalue weighted by molar-refractivity contribution is 7.10. The summed E-state index contributed by atoms with van der Waals surface area (Å²) in [6.45, 7) is 3.27. The summed E-state index contributed by atoms with van der Waals surface area (Å²) in [5, 5.41) is 2.06. The van der Waals surface area contributed by atoms with Gasteiger partial charge < -0.3 is 14.7 Å². The standard InChI is InChI=1S/C23H26FN3O3S/c24-19-3-1-17(2-4-19)15-23(30)26-12-10-25(11-13-26)21(28)5-6-22(29)27-9-7-20-18(16-27)8-14-31-20/h1-4,8,14H,5-7,9-13,15-16H2. The van der Waals surface area contributed by atoms with Crippen molar-refractivity contribution in [1.82, 2.24) is 14.7 Å². The maximum absolute atomic E-state index is 13.0. The molecule has 0 unspecified atom stereocenters. The van der Waals surface area contributed by atoms with E-state index < -0.39 is 0 Å². The highest BCUT2D eigenvalue weighted by atomic mass is 32.1. The van der Waals surface area contributed by atoms with Gasteiger partial charge in [-0.2, -0.15) is 0 Å². The van der Waals surface area contributed by atoms with Crippen LogP contribution in [0, 0.1) is 5.82 Å². The average molecular weight is 444 g/mol. The van der Waals surface area contributed by atoms with E-state index in [4.69, 9.17) is 0 Å². The Hall–Kier alpha value is -2.74. The van der Waals surface area contributed by atoms with Crippen LogP contribution in [0.15, 0.2) is 35.7 Å². The number of rotatable bonds is 5. The van der Waals surface area contributed by atoms with Gasteiger partial charge in [-0.15, -0.1) is 11.3 Å². The molecule has 1 fully saturated rings. The van der Waals surface area contributed by atoms with Crippen LogP contribution in [0.4, 0.5) is 4.39 Å². The largest absolute Gasteiger partial charge is 0.339 e. The molecule has 0 spiro atoms. The Labute approximate surface area is 185 Å². The smallest absolute Gasteiger partial charge is 0.227 e. The molecule has 0 bridgehead atoms. The highest BCUT2D eigenvalue weighted by Crippen LogP contribution is 2.24. The maximum atomic E-state index is 13.0. The molecule has 0 N–H and O–H groups in total. The SMILES string of the molecule is O=C(CCC(=O)N1CCc2sccc2C1)N1CCN(C(=O)Cc2ccc(F)cc2)CC1. The monoisotopic (exact) mass is 443 g/mol. The normalized spacial score (nSPS) is 16.2. The number of carbonyl (C=O) groups excluding carboxylic acids is 3. The van der Waals surface area contributed by atoms with Crippen molar-refractivity contribution in [3.63, 3.8) is 0 Å². The molecule has 2 aromatic rings. The van der Waals surface area contributed by atoms with Crippen LogP contribution in [0.2, 0.25) is 0 Å². The van der Waals surface area contributed by atoms with Gasteiger partial charge in [0.25, 0.3) is 0 Å². The molecule has 0 atom stereocenters. The lowest BCUT2D eigenvalue weighted by atomic mass is 10.1. The molecule has 3 heterocycles. The number of benzene rings is 1. The summed E-state index contributed by atoms with van der Waals surface area (Å²) in [5.74, 6) is -0.351. The molecule has 2 aliphatic heterocycles. The summed E-state index contributed by atoms with van der Waals surface area (Å²) in [4.78, 5) is 44.2. The van der Waals surface area contributed by atoms with Gasteiger partial charge in [-0.05, 0) is 41.1 Å². The first kappa shape index (κ1) is 21.5. The zero-order chi connectivity index (χ0) is 21.8. The van der Waals surface area contributed by atoms with Crippen LogP contribution in [0.3, 0.4) is 0 Å². The summed E-state index contributed by atoms with van der Waals surface area (Å²) in [6, 6.07) is 8.01. The van der Waals surface area contributed by atoms with Crippen molar-refractivity contribution in [3.05, 3.63) is 57.5 Å². The second-order valence-electron chi connectivity index (χ2n) is 8.00. The maximum Gasteiger partial charge on any atom is 0.227 e. The number of carbonyl (C=O) groups is 3.